The Morgan fingerprint density at radius 3 is 2.76 bits per heavy atom. The highest BCUT2D eigenvalue weighted by Gasteiger charge is 2.23. The van der Waals surface area contributed by atoms with Crippen LogP contribution in [0.4, 0.5) is 11.6 Å². The van der Waals surface area contributed by atoms with Crippen LogP contribution in [0.15, 0.2) is 30.6 Å². The van der Waals surface area contributed by atoms with Gasteiger partial charge in [-0.15, -0.1) is 0 Å². The van der Waals surface area contributed by atoms with Crippen LogP contribution >= 0.6 is 0 Å². The second-order valence-corrected chi connectivity index (χ2v) is 6.91. The number of hydrogen-bond acceptors (Lipinski definition) is 5. The van der Waals surface area contributed by atoms with Crippen LogP contribution in [0.25, 0.3) is 0 Å². The number of nitrogens with zero attached hydrogens (tertiary/aromatic N) is 5. The predicted molar refractivity (Wildman–Crippen MR) is 103 cm³/mol. The van der Waals surface area contributed by atoms with Gasteiger partial charge in [0.2, 0.25) is 0 Å². The lowest BCUT2D eigenvalue weighted by molar-refractivity contribution is 0.446. The molecule has 0 spiro atoms. The van der Waals surface area contributed by atoms with E-state index in [1.54, 1.807) is 0 Å². The maximum Gasteiger partial charge on any atom is 0.134 e. The van der Waals surface area contributed by atoms with Crippen molar-refractivity contribution in [1.82, 2.24) is 15.0 Å². The zero-order chi connectivity index (χ0) is 17.6. The molecule has 0 aromatic carbocycles. The van der Waals surface area contributed by atoms with Gasteiger partial charge in [-0.25, -0.2) is 9.97 Å². The van der Waals surface area contributed by atoms with Gasteiger partial charge in [-0.1, -0.05) is 6.92 Å². The molecular weight excluding hydrogens is 310 g/mol. The van der Waals surface area contributed by atoms with E-state index in [-0.39, 0.29) is 0 Å². The number of anilines is 2. The number of aromatic nitrogens is 3. The minimum Gasteiger partial charge on any atom is -0.359 e. The molecule has 3 heterocycles. The summed E-state index contributed by atoms with van der Waals surface area (Å²) in [6, 6.07) is 6.92. The standard InChI is InChI=1S/C20H29N5/c1-4-18-7-5-6-13-25(18)20-15-19(22-16(2)23-20)24(3)14-10-17-8-11-21-12-9-17/h8-9,11-12,15,18H,4-7,10,13-14H2,1-3H3. The van der Waals surface area contributed by atoms with Crippen LogP contribution in [0.5, 0.6) is 0 Å². The van der Waals surface area contributed by atoms with E-state index in [2.05, 4.69) is 51.9 Å². The van der Waals surface area contributed by atoms with Gasteiger partial charge in [-0.2, -0.15) is 0 Å². The average molecular weight is 339 g/mol. The Morgan fingerprint density at radius 2 is 2.00 bits per heavy atom. The van der Waals surface area contributed by atoms with Crippen LogP contribution in [-0.4, -0.2) is 41.1 Å². The summed E-state index contributed by atoms with van der Waals surface area (Å²) < 4.78 is 0. The molecule has 0 saturated carbocycles. The summed E-state index contributed by atoms with van der Waals surface area (Å²) in [7, 11) is 2.11. The first-order valence-corrected chi connectivity index (χ1v) is 9.39. The lowest BCUT2D eigenvalue weighted by Gasteiger charge is -2.36. The van der Waals surface area contributed by atoms with Crippen molar-refractivity contribution in [2.75, 3.05) is 29.9 Å². The van der Waals surface area contributed by atoms with Crippen LogP contribution in [0.1, 0.15) is 44.0 Å². The third-order valence-corrected chi connectivity index (χ3v) is 5.08. The van der Waals surface area contributed by atoms with Crippen molar-refractivity contribution >= 4 is 11.6 Å². The summed E-state index contributed by atoms with van der Waals surface area (Å²) in [5.41, 5.74) is 1.30. The largest absolute Gasteiger partial charge is 0.359 e. The molecule has 1 unspecified atom stereocenters. The molecule has 1 atom stereocenters. The number of likely N-dealkylation sites (N-methyl/N-ethyl adjacent to an activating group) is 1. The van der Waals surface area contributed by atoms with E-state index in [0.29, 0.717) is 6.04 Å². The third-order valence-electron chi connectivity index (χ3n) is 5.08. The molecule has 2 aromatic rings. The fourth-order valence-corrected chi connectivity index (χ4v) is 3.57. The van der Waals surface area contributed by atoms with E-state index in [9.17, 15) is 0 Å². The molecular formula is C20H29N5. The lowest BCUT2D eigenvalue weighted by atomic mass is 10.00. The fourth-order valence-electron chi connectivity index (χ4n) is 3.57. The van der Waals surface area contributed by atoms with Gasteiger partial charge in [0.05, 0.1) is 0 Å². The van der Waals surface area contributed by atoms with Gasteiger partial charge in [0.25, 0.3) is 0 Å². The zero-order valence-electron chi connectivity index (χ0n) is 15.6. The summed E-state index contributed by atoms with van der Waals surface area (Å²) >= 11 is 0. The number of aryl methyl sites for hydroxylation is 1. The third kappa shape index (κ3) is 4.47. The second-order valence-electron chi connectivity index (χ2n) is 6.91. The van der Waals surface area contributed by atoms with Crippen molar-refractivity contribution in [2.45, 2.75) is 52.0 Å². The molecule has 3 rings (SSSR count). The zero-order valence-corrected chi connectivity index (χ0v) is 15.6. The first kappa shape index (κ1) is 17.6. The first-order valence-electron chi connectivity index (χ1n) is 9.39. The Labute approximate surface area is 151 Å². The Balaban J connectivity index is 1.74. The summed E-state index contributed by atoms with van der Waals surface area (Å²) in [5.74, 6) is 2.95. The van der Waals surface area contributed by atoms with Crippen molar-refractivity contribution in [1.29, 1.82) is 0 Å². The lowest BCUT2D eigenvalue weighted by Crippen LogP contribution is -2.40. The van der Waals surface area contributed by atoms with E-state index in [1.807, 2.05) is 19.3 Å². The highest BCUT2D eigenvalue weighted by atomic mass is 15.2. The van der Waals surface area contributed by atoms with Crippen LogP contribution in [0.2, 0.25) is 0 Å². The second kappa shape index (κ2) is 8.28. The van der Waals surface area contributed by atoms with E-state index < -0.39 is 0 Å². The molecule has 0 radical (unpaired) electrons. The smallest absolute Gasteiger partial charge is 0.134 e. The normalized spacial score (nSPS) is 17.6. The Kier molecular flexibility index (Phi) is 5.84. The Bertz CT molecular complexity index is 673. The van der Waals surface area contributed by atoms with Gasteiger partial charge in [0.15, 0.2) is 0 Å². The molecule has 0 amide bonds. The van der Waals surface area contributed by atoms with Gasteiger partial charge < -0.3 is 9.80 Å². The molecule has 0 bridgehead atoms. The van der Waals surface area contributed by atoms with Gasteiger partial charge in [0, 0.05) is 44.6 Å². The highest BCUT2D eigenvalue weighted by Crippen LogP contribution is 2.27. The summed E-state index contributed by atoms with van der Waals surface area (Å²) in [5, 5.41) is 0. The number of piperidine rings is 1. The van der Waals surface area contributed by atoms with Crippen molar-refractivity contribution in [2.24, 2.45) is 0 Å². The van der Waals surface area contributed by atoms with E-state index in [0.717, 1.165) is 37.0 Å². The molecule has 1 saturated heterocycles. The molecule has 0 aliphatic carbocycles. The highest BCUT2D eigenvalue weighted by molar-refractivity contribution is 5.51. The Morgan fingerprint density at radius 1 is 1.20 bits per heavy atom. The first-order chi connectivity index (χ1) is 12.2. The minimum atomic E-state index is 0.609. The van der Waals surface area contributed by atoms with E-state index >= 15 is 0 Å². The van der Waals surface area contributed by atoms with Crippen molar-refractivity contribution in [3.8, 4) is 0 Å². The topological polar surface area (TPSA) is 45.2 Å². The molecule has 1 aliphatic heterocycles. The van der Waals surface area contributed by atoms with Gasteiger partial charge in [-0.05, 0) is 56.7 Å². The van der Waals surface area contributed by atoms with Crippen molar-refractivity contribution in [3.05, 3.63) is 42.0 Å². The summed E-state index contributed by atoms with van der Waals surface area (Å²) in [4.78, 5) is 18.2. The molecule has 5 nitrogen and oxygen atoms in total. The molecule has 1 aliphatic rings. The molecule has 0 N–H and O–H groups in total. The quantitative estimate of drug-likeness (QED) is 0.804. The Hall–Kier alpha value is -2.17. The van der Waals surface area contributed by atoms with Crippen LogP contribution in [-0.2, 0) is 6.42 Å². The predicted octanol–water partition coefficient (Wildman–Crippen LogP) is 3.63. The fraction of sp³-hybridized carbons (Fsp3) is 0.550. The maximum atomic E-state index is 4.74. The molecule has 134 valence electrons. The maximum absolute atomic E-state index is 4.74. The van der Waals surface area contributed by atoms with Crippen LogP contribution in [0.3, 0.4) is 0 Å². The van der Waals surface area contributed by atoms with Crippen molar-refractivity contribution in [3.63, 3.8) is 0 Å². The molecule has 1 fully saturated rings. The summed E-state index contributed by atoms with van der Waals surface area (Å²) in [6.45, 7) is 6.31. The summed E-state index contributed by atoms with van der Waals surface area (Å²) in [6.07, 6.45) is 9.72. The van der Waals surface area contributed by atoms with Crippen LogP contribution in [0, 0.1) is 6.92 Å². The average Bonchev–Trinajstić information content (AvgIpc) is 2.66. The number of rotatable bonds is 6. The monoisotopic (exact) mass is 339 g/mol. The van der Waals surface area contributed by atoms with Crippen LogP contribution < -0.4 is 9.80 Å². The van der Waals surface area contributed by atoms with Gasteiger partial charge >= 0.3 is 0 Å². The van der Waals surface area contributed by atoms with Crippen molar-refractivity contribution < 1.29 is 0 Å². The minimum absolute atomic E-state index is 0.609. The molecule has 5 heteroatoms. The molecule has 25 heavy (non-hydrogen) atoms. The SMILES string of the molecule is CCC1CCCCN1c1cc(N(C)CCc2ccncc2)nc(C)n1. The van der Waals surface area contributed by atoms with E-state index in [4.69, 9.17) is 4.98 Å². The van der Waals surface area contributed by atoms with Gasteiger partial charge in [-0.3, -0.25) is 4.98 Å². The van der Waals surface area contributed by atoms with Gasteiger partial charge in [0.1, 0.15) is 17.5 Å². The molecule has 2 aromatic heterocycles. The van der Waals surface area contributed by atoms with E-state index in [1.165, 1.54) is 31.2 Å². The number of hydrogen-bond donors (Lipinski definition) is 0. The number of pyridine rings is 1.